The van der Waals surface area contributed by atoms with Gasteiger partial charge in [0.05, 0.1) is 10.8 Å². The predicted octanol–water partition coefficient (Wildman–Crippen LogP) is 1.36. The van der Waals surface area contributed by atoms with Gasteiger partial charge in [-0.3, -0.25) is 0 Å². The van der Waals surface area contributed by atoms with Crippen molar-refractivity contribution in [2.24, 2.45) is 0 Å². The van der Waals surface area contributed by atoms with Gasteiger partial charge in [0, 0.05) is 5.56 Å². The van der Waals surface area contributed by atoms with Crippen molar-refractivity contribution in [1.29, 1.82) is 0 Å². The number of halogens is 2. The van der Waals surface area contributed by atoms with E-state index in [0.29, 0.717) is 5.56 Å². The molecule has 1 rings (SSSR count). The second kappa shape index (κ2) is 3.18. The van der Waals surface area contributed by atoms with Crippen molar-refractivity contribution < 1.29 is 18.7 Å². The third-order valence-electron chi connectivity index (χ3n) is 1.43. The molecule has 12 heavy (non-hydrogen) atoms. The monoisotopic (exact) mass is 191 g/mol. The molecule has 0 aliphatic rings. The molecule has 2 nitrogen and oxygen atoms in total. The van der Waals surface area contributed by atoms with E-state index < -0.39 is 18.0 Å². The largest absolute Gasteiger partial charge is 0.544 e. The van der Waals surface area contributed by atoms with Crippen molar-refractivity contribution in [1.82, 2.24) is 0 Å². The van der Waals surface area contributed by atoms with E-state index in [-0.39, 0.29) is 4.88 Å². The first-order valence-corrected chi connectivity index (χ1v) is 3.99. The highest BCUT2D eigenvalue weighted by molar-refractivity contribution is 7.12. The Morgan fingerprint density at radius 3 is 2.58 bits per heavy atom. The summed E-state index contributed by atoms with van der Waals surface area (Å²) in [6.45, 7) is 1.45. The lowest BCUT2D eigenvalue weighted by molar-refractivity contribution is -0.254. The van der Waals surface area contributed by atoms with E-state index in [1.807, 2.05) is 0 Å². The number of aryl methyl sites for hydroxylation is 1. The van der Waals surface area contributed by atoms with E-state index in [1.165, 1.54) is 12.3 Å². The van der Waals surface area contributed by atoms with E-state index in [0.717, 1.165) is 11.3 Å². The van der Waals surface area contributed by atoms with Gasteiger partial charge in [-0.2, -0.15) is 0 Å². The Labute approximate surface area is 71.5 Å². The maximum absolute atomic E-state index is 12.2. The van der Waals surface area contributed by atoms with Gasteiger partial charge in [-0.15, -0.1) is 11.3 Å². The van der Waals surface area contributed by atoms with Crippen LogP contribution in [0.1, 0.15) is 27.2 Å². The summed E-state index contributed by atoms with van der Waals surface area (Å²) in [6, 6.07) is 0. The smallest absolute Gasteiger partial charge is 0.265 e. The number of aromatic carboxylic acids is 1. The Balaban J connectivity index is 3.21. The molecule has 0 bridgehead atoms. The van der Waals surface area contributed by atoms with Crippen LogP contribution < -0.4 is 5.11 Å². The molecule has 0 amide bonds. The van der Waals surface area contributed by atoms with Crippen LogP contribution in [0.4, 0.5) is 8.78 Å². The molecule has 66 valence electrons. The quantitative estimate of drug-likeness (QED) is 0.708. The molecule has 1 aromatic rings. The maximum Gasteiger partial charge on any atom is 0.265 e. The number of alkyl halides is 2. The molecule has 1 heterocycles. The molecule has 0 unspecified atom stereocenters. The number of thiophene rings is 1. The lowest BCUT2D eigenvalue weighted by atomic mass is 10.2. The van der Waals surface area contributed by atoms with E-state index in [4.69, 9.17) is 0 Å². The van der Waals surface area contributed by atoms with Crippen molar-refractivity contribution in [3.63, 3.8) is 0 Å². The normalized spacial score (nSPS) is 10.7. The summed E-state index contributed by atoms with van der Waals surface area (Å²) in [6.07, 6.45) is -2.75. The van der Waals surface area contributed by atoms with Gasteiger partial charge in [0.2, 0.25) is 0 Å². The Hall–Kier alpha value is -0.970. The Morgan fingerprint density at radius 2 is 2.25 bits per heavy atom. The van der Waals surface area contributed by atoms with Gasteiger partial charge in [-0.05, 0) is 17.9 Å². The van der Waals surface area contributed by atoms with E-state index >= 15 is 0 Å². The molecule has 0 saturated heterocycles. The lowest BCUT2D eigenvalue weighted by Crippen LogP contribution is -2.22. The zero-order chi connectivity index (χ0) is 9.30. The fourth-order valence-electron chi connectivity index (χ4n) is 0.883. The van der Waals surface area contributed by atoms with Gasteiger partial charge in [-0.1, -0.05) is 0 Å². The molecule has 0 atom stereocenters. The fourth-order valence-corrected chi connectivity index (χ4v) is 1.78. The standard InChI is InChI=1S/C7H6F2O2S/c1-3-2-12-5(7(10)11)4(3)6(8)9/h2,6H,1H3,(H,10,11)/p-1. The molecule has 0 spiro atoms. The van der Waals surface area contributed by atoms with Crippen LogP contribution in [0.2, 0.25) is 0 Å². The van der Waals surface area contributed by atoms with Gasteiger partial charge in [0.25, 0.3) is 6.43 Å². The molecule has 0 N–H and O–H groups in total. The SMILES string of the molecule is Cc1csc(C(=O)[O-])c1C(F)F. The summed E-state index contributed by atoms with van der Waals surface area (Å²) < 4.78 is 24.4. The number of carboxylic acid groups (broad SMARTS) is 1. The van der Waals surface area contributed by atoms with E-state index in [1.54, 1.807) is 0 Å². The Morgan fingerprint density at radius 1 is 1.67 bits per heavy atom. The zero-order valence-electron chi connectivity index (χ0n) is 6.14. The summed E-state index contributed by atoms with van der Waals surface area (Å²) >= 11 is 0.771. The van der Waals surface area contributed by atoms with Gasteiger partial charge in [0.1, 0.15) is 0 Å². The minimum Gasteiger partial charge on any atom is -0.544 e. The van der Waals surface area contributed by atoms with Crippen LogP contribution in [-0.4, -0.2) is 5.97 Å². The number of rotatable bonds is 2. The first kappa shape index (κ1) is 9.12. The second-order valence-corrected chi connectivity index (χ2v) is 3.13. The minimum absolute atomic E-state index is 0.300. The Bertz CT molecular complexity index is 306. The first-order valence-electron chi connectivity index (χ1n) is 3.11. The van der Waals surface area contributed by atoms with Crippen LogP contribution in [0.25, 0.3) is 0 Å². The molecular weight excluding hydrogens is 186 g/mol. The zero-order valence-corrected chi connectivity index (χ0v) is 6.95. The molecule has 5 heteroatoms. The van der Waals surface area contributed by atoms with Crippen molar-refractivity contribution in [3.05, 3.63) is 21.4 Å². The molecule has 1 aromatic heterocycles. The van der Waals surface area contributed by atoms with Gasteiger partial charge in [0.15, 0.2) is 0 Å². The molecule has 0 aliphatic heterocycles. The van der Waals surface area contributed by atoms with E-state index in [2.05, 4.69) is 0 Å². The van der Waals surface area contributed by atoms with Crippen molar-refractivity contribution in [3.8, 4) is 0 Å². The molecule has 0 aromatic carbocycles. The van der Waals surface area contributed by atoms with E-state index in [9.17, 15) is 18.7 Å². The number of carbonyl (C=O) groups is 1. The van der Waals surface area contributed by atoms with Crippen LogP contribution in [0.15, 0.2) is 5.38 Å². The van der Waals surface area contributed by atoms with Crippen LogP contribution in [-0.2, 0) is 0 Å². The van der Waals surface area contributed by atoms with Gasteiger partial charge < -0.3 is 9.90 Å². The number of hydrogen-bond donors (Lipinski definition) is 0. The van der Waals surface area contributed by atoms with Crippen molar-refractivity contribution in [2.75, 3.05) is 0 Å². The summed E-state index contributed by atoms with van der Waals surface area (Å²) in [5, 5.41) is 11.7. The third kappa shape index (κ3) is 1.45. The molecule has 0 aliphatic carbocycles. The van der Waals surface area contributed by atoms with Crippen LogP contribution >= 0.6 is 11.3 Å². The average Bonchev–Trinajstić information content (AvgIpc) is 2.30. The lowest BCUT2D eigenvalue weighted by Gasteiger charge is -2.03. The average molecular weight is 191 g/mol. The minimum atomic E-state index is -2.75. The first-order chi connectivity index (χ1) is 5.54. The van der Waals surface area contributed by atoms with Crippen LogP contribution in [0.5, 0.6) is 0 Å². The number of carboxylic acids is 1. The third-order valence-corrected chi connectivity index (χ3v) is 2.52. The fraction of sp³-hybridized carbons (Fsp3) is 0.286. The second-order valence-electron chi connectivity index (χ2n) is 2.25. The highest BCUT2D eigenvalue weighted by atomic mass is 32.1. The topological polar surface area (TPSA) is 40.1 Å². The molecule has 0 saturated carbocycles. The summed E-state index contributed by atoms with van der Waals surface area (Å²) in [4.78, 5) is 9.93. The highest BCUT2D eigenvalue weighted by Crippen LogP contribution is 2.30. The molecule has 0 fully saturated rings. The van der Waals surface area contributed by atoms with Gasteiger partial charge in [-0.25, -0.2) is 8.78 Å². The summed E-state index contributed by atoms with van der Waals surface area (Å²) in [5.74, 6) is -1.54. The molecular formula is C7H5F2O2S-. The predicted molar refractivity (Wildman–Crippen MR) is 38.3 cm³/mol. The van der Waals surface area contributed by atoms with Crippen molar-refractivity contribution in [2.45, 2.75) is 13.3 Å². The summed E-state index contributed by atoms with van der Waals surface area (Å²) in [7, 11) is 0. The summed E-state index contributed by atoms with van der Waals surface area (Å²) in [5.41, 5.74) is -0.116. The number of carbonyl (C=O) groups excluding carboxylic acids is 1. The molecule has 0 radical (unpaired) electrons. The highest BCUT2D eigenvalue weighted by Gasteiger charge is 2.18. The maximum atomic E-state index is 12.2. The van der Waals surface area contributed by atoms with Crippen molar-refractivity contribution >= 4 is 17.3 Å². The van der Waals surface area contributed by atoms with Crippen LogP contribution in [0.3, 0.4) is 0 Å². The number of hydrogen-bond acceptors (Lipinski definition) is 3. The van der Waals surface area contributed by atoms with Crippen LogP contribution in [0, 0.1) is 6.92 Å². The Kier molecular flexibility index (Phi) is 2.42. The van der Waals surface area contributed by atoms with Gasteiger partial charge >= 0.3 is 0 Å².